The fourth-order valence-corrected chi connectivity index (χ4v) is 3.48. The molecule has 1 saturated heterocycles. The number of carbonyl (C=O) groups is 2. The molecule has 0 aliphatic carbocycles. The Labute approximate surface area is 140 Å². The van der Waals surface area contributed by atoms with Gasteiger partial charge in [0.15, 0.2) is 0 Å². The molecule has 1 aromatic heterocycles. The van der Waals surface area contributed by atoms with Crippen LogP contribution in [0.4, 0.5) is 0 Å². The van der Waals surface area contributed by atoms with E-state index in [0.717, 1.165) is 46.8 Å². The number of nitrogens with zero attached hydrogens (tertiary/aromatic N) is 1. The summed E-state index contributed by atoms with van der Waals surface area (Å²) in [6, 6.07) is 11.3. The molecule has 4 nitrogen and oxygen atoms in total. The van der Waals surface area contributed by atoms with Gasteiger partial charge in [-0.2, -0.15) is 0 Å². The molecule has 0 saturated carbocycles. The second-order valence-electron chi connectivity index (χ2n) is 5.79. The van der Waals surface area contributed by atoms with Gasteiger partial charge in [0.05, 0.1) is 4.88 Å². The van der Waals surface area contributed by atoms with Crippen LogP contribution in [0, 0.1) is 6.92 Å². The third-order valence-corrected chi connectivity index (χ3v) is 5.01. The van der Waals surface area contributed by atoms with Crippen molar-refractivity contribution in [3.8, 4) is 0 Å². The lowest BCUT2D eigenvalue weighted by Crippen LogP contribution is -2.27. The van der Waals surface area contributed by atoms with Gasteiger partial charge in [0.1, 0.15) is 0 Å². The molecule has 1 N–H and O–H groups in total. The minimum absolute atomic E-state index is 0.0553. The number of hydrogen-bond donors (Lipinski definition) is 1. The lowest BCUT2D eigenvalue weighted by atomic mass is 10.1. The maximum absolute atomic E-state index is 12.3. The molecule has 0 spiro atoms. The van der Waals surface area contributed by atoms with Crippen LogP contribution in [0.15, 0.2) is 36.4 Å². The lowest BCUT2D eigenvalue weighted by molar-refractivity contribution is 0.0792. The predicted octanol–water partition coefficient (Wildman–Crippen LogP) is 3.22. The molecule has 0 radical (unpaired) electrons. The van der Waals surface area contributed by atoms with E-state index in [1.54, 1.807) is 0 Å². The van der Waals surface area contributed by atoms with Crippen LogP contribution in [0.5, 0.6) is 0 Å². The third-order valence-electron chi connectivity index (χ3n) is 4.01. The summed E-state index contributed by atoms with van der Waals surface area (Å²) in [5, 5.41) is 2.91. The molecule has 3 rings (SSSR count). The molecule has 0 bridgehead atoms. The Kier molecular flexibility index (Phi) is 4.76. The molecule has 2 aromatic rings. The number of thiophene rings is 1. The van der Waals surface area contributed by atoms with E-state index < -0.39 is 0 Å². The van der Waals surface area contributed by atoms with Crippen molar-refractivity contribution in [1.82, 2.24) is 10.2 Å². The van der Waals surface area contributed by atoms with Crippen LogP contribution < -0.4 is 5.32 Å². The van der Waals surface area contributed by atoms with Crippen LogP contribution in [-0.4, -0.2) is 29.8 Å². The van der Waals surface area contributed by atoms with Gasteiger partial charge >= 0.3 is 0 Å². The first-order chi connectivity index (χ1) is 11.1. The average molecular weight is 328 g/mol. The Balaban J connectivity index is 1.57. The zero-order valence-electron chi connectivity index (χ0n) is 13.2. The molecule has 1 aliphatic heterocycles. The molecule has 120 valence electrons. The van der Waals surface area contributed by atoms with Crippen LogP contribution in [0.1, 0.15) is 43.3 Å². The summed E-state index contributed by atoms with van der Waals surface area (Å²) >= 11 is 1.49. The van der Waals surface area contributed by atoms with Crippen LogP contribution in [0.2, 0.25) is 0 Å². The zero-order chi connectivity index (χ0) is 16.2. The smallest absolute Gasteiger partial charge is 0.261 e. The van der Waals surface area contributed by atoms with Gasteiger partial charge in [-0.15, -0.1) is 11.3 Å². The summed E-state index contributed by atoms with van der Waals surface area (Å²) in [5.41, 5.74) is 1.71. The number of rotatable bonds is 4. The first-order valence-corrected chi connectivity index (χ1v) is 8.68. The van der Waals surface area contributed by atoms with E-state index in [0.29, 0.717) is 6.54 Å². The van der Waals surface area contributed by atoms with E-state index in [1.807, 2.05) is 48.2 Å². The number of amides is 2. The number of likely N-dealkylation sites (tertiary alicyclic amines) is 1. The highest BCUT2D eigenvalue weighted by molar-refractivity contribution is 7.13. The van der Waals surface area contributed by atoms with Gasteiger partial charge in [-0.1, -0.05) is 12.1 Å². The lowest BCUT2D eigenvalue weighted by Gasteiger charge is -2.15. The molecule has 2 heterocycles. The Morgan fingerprint density at radius 2 is 1.78 bits per heavy atom. The summed E-state index contributed by atoms with van der Waals surface area (Å²) in [5.74, 6) is 0.0486. The summed E-state index contributed by atoms with van der Waals surface area (Å²) in [6.07, 6.45) is 2.19. The molecule has 0 unspecified atom stereocenters. The largest absolute Gasteiger partial charge is 0.347 e. The van der Waals surface area contributed by atoms with Crippen LogP contribution in [-0.2, 0) is 6.54 Å². The average Bonchev–Trinajstić information content (AvgIpc) is 3.24. The topological polar surface area (TPSA) is 49.4 Å². The number of carbonyl (C=O) groups excluding carboxylic acids is 2. The molecule has 23 heavy (non-hydrogen) atoms. The summed E-state index contributed by atoms with van der Waals surface area (Å²) in [7, 11) is 0. The van der Waals surface area contributed by atoms with Crippen LogP contribution in [0.3, 0.4) is 0 Å². The second kappa shape index (κ2) is 6.96. The Morgan fingerprint density at radius 3 is 2.39 bits per heavy atom. The molecule has 1 aliphatic rings. The van der Waals surface area contributed by atoms with Gasteiger partial charge in [0.25, 0.3) is 11.8 Å². The Hall–Kier alpha value is -2.14. The van der Waals surface area contributed by atoms with Crippen molar-refractivity contribution in [2.24, 2.45) is 0 Å². The maximum atomic E-state index is 12.3. The van der Waals surface area contributed by atoms with Crippen LogP contribution in [0.25, 0.3) is 0 Å². The number of hydrogen-bond acceptors (Lipinski definition) is 3. The Bertz CT molecular complexity index is 700. The summed E-state index contributed by atoms with van der Waals surface area (Å²) < 4.78 is 0. The first kappa shape index (κ1) is 15.7. The molecule has 2 amide bonds. The van der Waals surface area contributed by atoms with Gasteiger partial charge in [-0.05, 0) is 49.6 Å². The zero-order valence-corrected chi connectivity index (χ0v) is 14.0. The molecular formula is C18H20N2O2S. The van der Waals surface area contributed by atoms with Crippen molar-refractivity contribution in [2.45, 2.75) is 26.3 Å². The van der Waals surface area contributed by atoms with Crippen molar-refractivity contribution in [2.75, 3.05) is 13.1 Å². The standard InChI is InChI=1S/C18H20N2O2S/c1-13-4-9-16(23-13)17(21)19-12-14-5-7-15(8-6-14)18(22)20-10-2-3-11-20/h4-9H,2-3,10-12H2,1H3,(H,19,21). The SMILES string of the molecule is Cc1ccc(C(=O)NCc2ccc(C(=O)N3CCCC3)cc2)s1. The van der Waals surface area contributed by atoms with E-state index in [-0.39, 0.29) is 11.8 Å². The van der Waals surface area contributed by atoms with Crippen molar-refractivity contribution >= 4 is 23.2 Å². The molecule has 0 atom stereocenters. The number of benzene rings is 1. The quantitative estimate of drug-likeness (QED) is 0.937. The predicted molar refractivity (Wildman–Crippen MR) is 91.8 cm³/mol. The number of aryl methyl sites for hydroxylation is 1. The molecule has 1 fully saturated rings. The minimum Gasteiger partial charge on any atom is -0.347 e. The molecule has 5 heteroatoms. The minimum atomic E-state index is -0.0553. The van der Waals surface area contributed by atoms with Gasteiger partial charge in [0.2, 0.25) is 0 Å². The maximum Gasteiger partial charge on any atom is 0.261 e. The summed E-state index contributed by atoms with van der Waals surface area (Å²) in [4.78, 5) is 28.0. The van der Waals surface area contributed by atoms with E-state index >= 15 is 0 Å². The van der Waals surface area contributed by atoms with E-state index in [1.165, 1.54) is 11.3 Å². The van der Waals surface area contributed by atoms with E-state index in [9.17, 15) is 9.59 Å². The summed E-state index contributed by atoms with van der Waals surface area (Å²) in [6.45, 7) is 4.17. The fraction of sp³-hybridized carbons (Fsp3) is 0.333. The first-order valence-electron chi connectivity index (χ1n) is 7.86. The van der Waals surface area contributed by atoms with Crippen molar-refractivity contribution < 1.29 is 9.59 Å². The van der Waals surface area contributed by atoms with E-state index in [4.69, 9.17) is 0 Å². The van der Waals surface area contributed by atoms with Gasteiger partial charge in [-0.25, -0.2) is 0 Å². The van der Waals surface area contributed by atoms with Gasteiger partial charge in [0, 0.05) is 30.1 Å². The Morgan fingerprint density at radius 1 is 1.09 bits per heavy atom. The van der Waals surface area contributed by atoms with Crippen molar-refractivity contribution in [3.05, 3.63) is 57.3 Å². The number of nitrogens with one attached hydrogen (secondary N) is 1. The van der Waals surface area contributed by atoms with Crippen molar-refractivity contribution in [3.63, 3.8) is 0 Å². The van der Waals surface area contributed by atoms with Crippen molar-refractivity contribution in [1.29, 1.82) is 0 Å². The van der Waals surface area contributed by atoms with E-state index in [2.05, 4.69) is 5.32 Å². The van der Waals surface area contributed by atoms with Gasteiger partial charge < -0.3 is 10.2 Å². The monoisotopic (exact) mass is 328 g/mol. The normalized spacial score (nSPS) is 14.0. The molecule has 1 aromatic carbocycles. The fourth-order valence-electron chi connectivity index (χ4n) is 2.69. The van der Waals surface area contributed by atoms with Gasteiger partial charge in [-0.3, -0.25) is 9.59 Å². The highest BCUT2D eigenvalue weighted by Crippen LogP contribution is 2.16. The molecular weight excluding hydrogens is 308 g/mol. The highest BCUT2D eigenvalue weighted by Gasteiger charge is 2.19. The highest BCUT2D eigenvalue weighted by atomic mass is 32.1. The van der Waals surface area contributed by atoms with Crippen LogP contribution >= 0.6 is 11.3 Å². The third kappa shape index (κ3) is 3.79. The second-order valence-corrected chi connectivity index (χ2v) is 7.08.